The van der Waals surface area contributed by atoms with Gasteiger partial charge in [-0.3, -0.25) is 4.98 Å². The number of rotatable bonds is 1. The molecule has 0 amide bonds. The van der Waals surface area contributed by atoms with E-state index < -0.39 is 0 Å². The Morgan fingerprint density at radius 3 is 2.70 bits per heavy atom. The van der Waals surface area contributed by atoms with Crippen molar-refractivity contribution >= 4 is 5.57 Å². The molecule has 0 unspecified atom stereocenters. The van der Waals surface area contributed by atoms with Crippen LogP contribution in [0.25, 0.3) is 5.57 Å². The molecule has 0 atom stereocenters. The highest BCUT2D eigenvalue weighted by atomic mass is 19.1. The van der Waals surface area contributed by atoms with Gasteiger partial charge in [-0.2, -0.15) is 0 Å². The van der Waals surface area contributed by atoms with Crippen LogP contribution in [0.4, 0.5) is 4.39 Å². The Bertz CT molecular complexity index is 238. The Labute approximate surface area is 59.2 Å². The second-order valence-electron chi connectivity index (χ2n) is 2.14. The van der Waals surface area contributed by atoms with Gasteiger partial charge in [0.15, 0.2) is 0 Å². The standard InChI is InChI=1S/C8H8FN/c1-6(2)8-4-3-7(9)5-10-8/h3-5H,1H2,2H3. The molecule has 0 bridgehead atoms. The van der Waals surface area contributed by atoms with Crippen molar-refractivity contribution in [3.63, 3.8) is 0 Å². The molecule has 0 aliphatic heterocycles. The number of hydrogen-bond donors (Lipinski definition) is 0. The summed E-state index contributed by atoms with van der Waals surface area (Å²) in [5.74, 6) is -0.315. The van der Waals surface area contributed by atoms with Crippen LogP contribution in [0, 0.1) is 5.82 Å². The lowest BCUT2D eigenvalue weighted by molar-refractivity contribution is 0.621. The van der Waals surface area contributed by atoms with E-state index in [0.29, 0.717) is 0 Å². The predicted molar refractivity (Wildman–Crippen MR) is 38.9 cm³/mol. The Morgan fingerprint density at radius 2 is 2.30 bits per heavy atom. The fraction of sp³-hybridized carbons (Fsp3) is 0.125. The van der Waals surface area contributed by atoms with Crippen molar-refractivity contribution in [3.8, 4) is 0 Å². The Hall–Kier alpha value is -1.18. The molecule has 2 heteroatoms. The first-order chi connectivity index (χ1) is 4.70. The second-order valence-corrected chi connectivity index (χ2v) is 2.14. The molecule has 10 heavy (non-hydrogen) atoms. The molecule has 1 aromatic rings. The lowest BCUT2D eigenvalue weighted by Gasteiger charge is -1.95. The Morgan fingerprint density at radius 1 is 1.60 bits per heavy atom. The van der Waals surface area contributed by atoms with Crippen molar-refractivity contribution in [3.05, 3.63) is 36.4 Å². The first-order valence-electron chi connectivity index (χ1n) is 2.97. The van der Waals surface area contributed by atoms with Crippen LogP contribution in [-0.4, -0.2) is 4.98 Å². The van der Waals surface area contributed by atoms with Gasteiger partial charge in [-0.1, -0.05) is 6.58 Å². The lowest BCUT2D eigenvalue weighted by Crippen LogP contribution is -1.84. The highest BCUT2D eigenvalue weighted by molar-refractivity contribution is 5.57. The number of allylic oxidation sites excluding steroid dienone is 1. The van der Waals surface area contributed by atoms with Crippen molar-refractivity contribution in [1.82, 2.24) is 4.98 Å². The van der Waals surface area contributed by atoms with Gasteiger partial charge in [0.2, 0.25) is 0 Å². The van der Waals surface area contributed by atoms with Gasteiger partial charge in [-0.05, 0) is 24.6 Å². The summed E-state index contributed by atoms with van der Waals surface area (Å²) in [6, 6.07) is 2.98. The third-order valence-corrected chi connectivity index (χ3v) is 1.16. The maximum Gasteiger partial charge on any atom is 0.141 e. The molecular formula is C8H8FN. The fourth-order valence-electron chi connectivity index (χ4n) is 0.628. The van der Waals surface area contributed by atoms with Crippen molar-refractivity contribution in [2.75, 3.05) is 0 Å². The second kappa shape index (κ2) is 2.60. The minimum Gasteiger partial charge on any atom is -0.254 e. The molecule has 0 saturated heterocycles. The molecule has 0 aliphatic carbocycles. The molecule has 0 radical (unpaired) electrons. The first-order valence-corrected chi connectivity index (χ1v) is 2.97. The van der Waals surface area contributed by atoms with Gasteiger partial charge in [0.25, 0.3) is 0 Å². The summed E-state index contributed by atoms with van der Waals surface area (Å²) in [4.78, 5) is 3.80. The van der Waals surface area contributed by atoms with Gasteiger partial charge in [0, 0.05) is 0 Å². The molecule has 1 aromatic heterocycles. The van der Waals surface area contributed by atoms with Gasteiger partial charge in [-0.15, -0.1) is 0 Å². The van der Waals surface area contributed by atoms with Crippen molar-refractivity contribution in [1.29, 1.82) is 0 Å². The van der Waals surface area contributed by atoms with E-state index in [-0.39, 0.29) is 5.82 Å². The first kappa shape index (κ1) is 6.93. The molecule has 0 N–H and O–H groups in total. The fourth-order valence-corrected chi connectivity index (χ4v) is 0.628. The van der Waals surface area contributed by atoms with Gasteiger partial charge < -0.3 is 0 Å². The Kier molecular flexibility index (Phi) is 1.81. The van der Waals surface area contributed by atoms with E-state index in [4.69, 9.17) is 0 Å². The average molecular weight is 137 g/mol. The summed E-state index contributed by atoms with van der Waals surface area (Å²) >= 11 is 0. The molecule has 1 rings (SSSR count). The van der Waals surface area contributed by atoms with E-state index in [9.17, 15) is 4.39 Å². The lowest BCUT2D eigenvalue weighted by atomic mass is 10.2. The molecule has 1 heterocycles. The van der Waals surface area contributed by atoms with E-state index in [1.165, 1.54) is 12.3 Å². The summed E-state index contributed by atoms with van der Waals surface area (Å²) < 4.78 is 12.3. The molecule has 0 fully saturated rings. The van der Waals surface area contributed by atoms with Crippen LogP contribution in [-0.2, 0) is 0 Å². The summed E-state index contributed by atoms with van der Waals surface area (Å²) in [7, 11) is 0. The Balaban J connectivity index is 3.00. The van der Waals surface area contributed by atoms with Crippen molar-refractivity contribution in [2.24, 2.45) is 0 Å². The third-order valence-electron chi connectivity index (χ3n) is 1.16. The van der Waals surface area contributed by atoms with E-state index >= 15 is 0 Å². The van der Waals surface area contributed by atoms with Crippen LogP contribution in [0.3, 0.4) is 0 Å². The zero-order valence-corrected chi connectivity index (χ0v) is 5.76. The number of pyridine rings is 1. The summed E-state index contributed by atoms with van der Waals surface area (Å²) in [6.45, 7) is 5.50. The highest BCUT2D eigenvalue weighted by Gasteiger charge is 1.93. The van der Waals surface area contributed by atoms with E-state index in [1.807, 2.05) is 6.92 Å². The average Bonchev–Trinajstić information content (AvgIpc) is 1.88. The van der Waals surface area contributed by atoms with Crippen LogP contribution < -0.4 is 0 Å². The molecule has 0 spiro atoms. The summed E-state index contributed by atoms with van der Waals surface area (Å²) in [5.41, 5.74) is 1.58. The summed E-state index contributed by atoms with van der Waals surface area (Å²) in [5, 5.41) is 0. The van der Waals surface area contributed by atoms with Gasteiger partial charge >= 0.3 is 0 Å². The molecule has 0 aromatic carbocycles. The molecule has 0 aliphatic rings. The number of hydrogen-bond acceptors (Lipinski definition) is 1. The maximum atomic E-state index is 12.3. The van der Waals surface area contributed by atoms with Gasteiger partial charge in [0.05, 0.1) is 11.9 Å². The number of halogens is 1. The quantitative estimate of drug-likeness (QED) is 0.578. The largest absolute Gasteiger partial charge is 0.254 e. The third kappa shape index (κ3) is 1.41. The topological polar surface area (TPSA) is 12.9 Å². The minimum absolute atomic E-state index is 0.315. The van der Waals surface area contributed by atoms with Gasteiger partial charge in [-0.25, -0.2) is 4.39 Å². The van der Waals surface area contributed by atoms with Crippen LogP contribution >= 0.6 is 0 Å². The van der Waals surface area contributed by atoms with Crippen molar-refractivity contribution < 1.29 is 4.39 Å². The van der Waals surface area contributed by atoms with Crippen LogP contribution in [0.15, 0.2) is 24.9 Å². The molecule has 1 nitrogen and oxygen atoms in total. The normalized spacial score (nSPS) is 9.40. The molecule has 52 valence electrons. The van der Waals surface area contributed by atoms with Gasteiger partial charge in [0.1, 0.15) is 5.82 Å². The zero-order chi connectivity index (χ0) is 7.56. The number of nitrogens with zero attached hydrogens (tertiary/aromatic N) is 1. The van der Waals surface area contributed by atoms with Crippen LogP contribution in [0.2, 0.25) is 0 Å². The highest BCUT2D eigenvalue weighted by Crippen LogP contribution is 2.06. The maximum absolute atomic E-state index is 12.3. The zero-order valence-electron chi connectivity index (χ0n) is 5.76. The molecule has 0 saturated carbocycles. The molecular weight excluding hydrogens is 129 g/mol. The SMILES string of the molecule is C=C(C)c1ccc(F)cn1. The monoisotopic (exact) mass is 137 g/mol. The smallest absolute Gasteiger partial charge is 0.141 e. The van der Waals surface area contributed by atoms with E-state index in [0.717, 1.165) is 11.3 Å². The number of aromatic nitrogens is 1. The predicted octanol–water partition coefficient (Wildman–Crippen LogP) is 2.25. The van der Waals surface area contributed by atoms with Crippen LogP contribution in [0.5, 0.6) is 0 Å². The van der Waals surface area contributed by atoms with E-state index in [1.54, 1.807) is 6.07 Å². The van der Waals surface area contributed by atoms with E-state index in [2.05, 4.69) is 11.6 Å². The summed E-state index contributed by atoms with van der Waals surface area (Å²) in [6.07, 6.45) is 1.18. The van der Waals surface area contributed by atoms with Crippen LogP contribution in [0.1, 0.15) is 12.6 Å². The minimum atomic E-state index is -0.315. The van der Waals surface area contributed by atoms with Crippen molar-refractivity contribution in [2.45, 2.75) is 6.92 Å².